The molecule has 1 nitrogen and oxygen atoms in total. The number of benzene rings is 1. The molecule has 1 aromatic rings. The molecule has 2 N–H and O–H groups in total. The molecule has 0 aliphatic carbocycles. The lowest BCUT2D eigenvalue weighted by Crippen LogP contribution is -2.32. The normalized spacial score (nSPS) is 13.9. The van der Waals surface area contributed by atoms with E-state index in [-0.39, 0.29) is 0 Å². The van der Waals surface area contributed by atoms with Crippen molar-refractivity contribution >= 4 is 11.8 Å². The number of halogens is 3. The molecule has 1 atom stereocenters. The Morgan fingerprint density at radius 3 is 2.20 bits per heavy atom. The summed E-state index contributed by atoms with van der Waals surface area (Å²) in [7, 11) is 0. The van der Waals surface area contributed by atoms with Crippen molar-refractivity contribution in [1.82, 2.24) is 0 Å². The molecule has 0 heterocycles. The Morgan fingerprint density at radius 1 is 1.27 bits per heavy atom. The Morgan fingerprint density at radius 2 is 1.80 bits per heavy atom. The van der Waals surface area contributed by atoms with Crippen molar-refractivity contribution in [3.05, 3.63) is 29.8 Å². The second-order valence-corrected chi connectivity index (χ2v) is 4.47. The zero-order valence-electron chi connectivity index (χ0n) is 8.21. The van der Waals surface area contributed by atoms with Crippen LogP contribution in [0.15, 0.2) is 29.2 Å². The molecular formula is C10H12F3NS. The summed E-state index contributed by atoms with van der Waals surface area (Å²) in [5.41, 5.74) is 6.12. The first-order valence-corrected chi connectivity index (χ1v) is 5.31. The minimum absolute atomic E-state index is 0.401. The zero-order valence-corrected chi connectivity index (χ0v) is 9.03. The fourth-order valence-corrected chi connectivity index (χ4v) is 1.88. The van der Waals surface area contributed by atoms with Gasteiger partial charge in [0.15, 0.2) is 0 Å². The molecule has 15 heavy (non-hydrogen) atoms. The third-order valence-corrected chi connectivity index (χ3v) is 3.17. The Labute approximate surface area is 90.9 Å². The summed E-state index contributed by atoms with van der Waals surface area (Å²) in [6.07, 6.45) is -4.25. The van der Waals surface area contributed by atoms with Gasteiger partial charge in [0, 0.05) is 11.4 Å². The molecule has 1 rings (SSSR count). The first-order valence-electron chi connectivity index (χ1n) is 4.43. The lowest BCUT2D eigenvalue weighted by Gasteiger charge is -2.17. The van der Waals surface area contributed by atoms with Gasteiger partial charge in [-0.3, -0.25) is 0 Å². The van der Waals surface area contributed by atoms with Gasteiger partial charge < -0.3 is 5.73 Å². The van der Waals surface area contributed by atoms with E-state index in [9.17, 15) is 13.2 Å². The molecule has 1 aromatic carbocycles. The number of hydrogen-bond acceptors (Lipinski definition) is 2. The molecule has 0 aromatic heterocycles. The maximum Gasteiger partial charge on any atom is 0.402 e. The van der Waals surface area contributed by atoms with Crippen LogP contribution >= 0.6 is 11.8 Å². The summed E-state index contributed by atoms with van der Waals surface area (Å²) in [6, 6.07) is 6.92. The standard InChI is InChI=1S/C10H12F3NS/c1-7-2-4-8(5-3-7)15-9(6-14)10(11,12)13/h2-5,9H,6,14H2,1H3. The van der Waals surface area contributed by atoms with Crippen LogP contribution < -0.4 is 5.73 Å². The number of nitrogens with two attached hydrogens (primary N) is 1. The molecule has 5 heteroatoms. The van der Waals surface area contributed by atoms with E-state index in [1.807, 2.05) is 6.92 Å². The SMILES string of the molecule is Cc1ccc(SC(CN)C(F)(F)F)cc1. The molecule has 0 aliphatic rings. The van der Waals surface area contributed by atoms with E-state index >= 15 is 0 Å². The Bertz CT molecular complexity index is 307. The summed E-state index contributed by atoms with van der Waals surface area (Å²) in [4.78, 5) is 0.591. The van der Waals surface area contributed by atoms with Crippen molar-refractivity contribution in [3.8, 4) is 0 Å². The van der Waals surface area contributed by atoms with E-state index in [4.69, 9.17) is 5.73 Å². The predicted octanol–water partition coefficient (Wildman–Crippen LogP) is 2.98. The van der Waals surface area contributed by atoms with Crippen LogP contribution in [0.1, 0.15) is 5.56 Å². The maximum absolute atomic E-state index is 12.4. The third-order valence-electron chi connectivity index (χ3n) is 1.88. The van der Waals surface area contributed by atoms with Crippen molar-refractivity contribution in [2.45, 2.75) is 23.2 Å². The molecule has 0 radical (unpaired) electrons. The maximum atomic E-state index is 12.4. The molecule has 0 amide bonds. The Balaban J connectivity index is 2.71. The van der Waals surface area contributed by atoms with Crippen LogP contribution in [0.2, 0.25) is 0 Å². The molecule has 0 bridgehead atoms. The molecular weight excluding hydrogens is 223 g/mol. The van der Waals surface area contributed by atoms with Gasteiger partial charge in [0.2, 0.25) is 0 Å². The minimum Gasteiger partial charge on any atom is -0.329 e. The van der Waals surface area contributed by atoms with Gasteiger partial charge in [-0.25, -0.2) is 0 Å². The summed E-state index contributed by atoms with van der Waals surface area (Å²) in [5, 5.41) is -1.53. The molecule has 84 valence electrons. The highest BCUT2D eigenvalue weighted by molar-refractivity contribution is 8.00. The second-order valence-electron chi connectivity index (χ2n) is 3.20. The topological polar surface area (TPSA) is 26.0 Å². The fourth-order valence-electron chi connectivity index (χ4n) is 1.03. The van der Waals surface area contributed by atoms with E-state index in [2.05, 4.69) is 0 Å². The van der Waals surface area contributed by atoms with Gasteiger partial charge in [-0.1, -0.05) is 17.7 Å². The quantitative estimate of drug-likeness (QED) is 0.815. The molecule has 1 unspecified atom stereocenters. The molecule has 0 saturated carbocycles. The molecule has 0 spiro atoms. The highest BCUT2D eigenvalue weighted by atomic mass is 32.2. The van der Waals surface area contributed by atoms with Crippen LogP contribution in [0.5, 0.6) is 0 Å². The van der Waals surface area contributed by atoms with Crippen LogP contribution in [-0.2, 0) is 0 Å². The lowest BCUT2D eigenvalue weighted by atomic mass is 10.2. The highest BCUT2D eigenvalue weighted by Gasteiger charge is 2.39. The van der Waals surface area contributed by atoms with Gasteiger partial charge in [-0.2, -0.15) is 13.2 Å². The van der Waals surface area contributed by atoms with Crippen molar-refractivity contribution < 1.29 is 13.2 Å². The average molecular weight is 235 g/mol. The summed E-state index contributed by atoms with van der Waals surface area (Å²) < 4.78 is 37.2. The van der Waals surface area contributed by atoms with E-state index < -0.39 is 18.0 Å². The van der Waals surface area contributed by atoms with Gasteiger partial charge in [0.25, 0.3) is 0 Å². The second kappa shape index (κ2) is 4.90. The lowest BCUT2D eigenvalue weighted by molar-refractivity contribution is -0.126. The van der Waals surface area contributed by atoms with Gasteiger partial charge in [0.05, 0.1) is 0 Å². The summed E-state index contributed by atoms with van der Waals surface area (Å²) in [5.74, 6) is 0. The molecule has 0 saturated heterocycles. The van der Waals surface area contributed by atoms with Crippen molar-refractivity contribution in [3.63, 3.8) is 0 Å². The number of hydrogen-bond donors (Lipinski definition) is 1. The summed E-state index contributed by atoms with van der Waals surface area (Å²) in [6.45, 7) is 1.49. The first-order chi connectivity index (χ1) is 6.93. The Hall–Kier alpha value is -0.680. The largest absolute Gasteiger partial charge is 0.402 e. The third kappa shape index (κ3) is 3.76. The van der Waals surface area contributed by atoms with Crippen LogP contribution in [0, 0.1) is 6.92 Å². The van der Waals surface area contributed by atoms with E-state index in [1.165, 1.54) is 0 Å². The van der Waals surface area contributed by atoms with E-state index in [0.717, 1.165) is 17.3 Å². The van der Waals surface area contributed by atoms with Gasteiger partial charge in [0.1, 0.15) is 5.25 Å². The fraction of sp³-hybridized carbons (Fsp3) is 0.400. The first kappa shape index (κ1) is 12.4. The molecule has 0 fully saturated rings. The van der Waals surface area contributed by atoms with Gasteiger partial charge >= 0.3 is 6.18 Å². The van der Waals surface area contributed by atoms with Crippen molar-refractivity contribution in [2.24, 2.45) is 5.73 Å². The average Bonchev–Trinajstić information content (AvgIpc) is 2.15. The number of thioether (sulfide) groups is 1. The van der Waals surface area contributed by atoms with Gasteiger partial charge in [-0.15, -0.1) is 11.8 Å². The summed E-state index contributed by atoms with van der Waals surface area (Å²) >= 11 is 0.754. The van der Waals surface area contributed by atoms with E-state index in [1.54, 1.807) is 24.3 Å². The highest BCUT2D eigenvalue weighted by Crippen LogP contribution is 2.34. The smallest absolute Gasteiger partial charge is 0.329 e. The number of aryl methyl sites for hydroxylation is 1. The Kier molecular flexibility index (Phi) is 4.04. The van der Waals surface area contributed by atoms with Crippen molar-refractivity contribution in [2.75, 3.05) is 6.54 Å². The van der Waals surface area contributed by atoms with Crippen LogP contribution in [0.3, 0.4) is 0 Å². The minimum atomic E-state index is -4.25. The molecule has 0 aliphatic heterocycles. The zero-order chi connectivity index (χ0) is 11.5. The van der Waals surface area contributed by atoms with E-state index in [0.29, 0.717) is 4.90 Å². The van der Waals surface area contributed by atoms with Crippen molar-refractivity contribution in [1.29, 1.82) is 0 Å². The monoisotopic (exact) mass is 235 g/mol. The van der Waals surface area contributed by atoms with Gasteiger partial charge in [-0.05, 0) is 19.1 Å². The number of rotatable bonds is 3. The van der Waals surface area contributed by atoms with Crippen LogP contribution in [-0.4, -0.2) is 18.0 Å². The number of alkyl halides is 3. The van der Waals surface area contributed by atoms with Crippen LogP contribution in [0.4, 0.5) is 13.2 Å². The van der Waals surface area contributed by atoms with Crippen LogP contribution in [0.25, 0.3) is 0 Å². The predicted molar refractivity (Wildman–Crippen MR) is 55.9 cm³/mol.